The molecular weight excluding hydrogens is 529 g/mol. The monoisotopic (exact) mass is 555 g/mol. The van der Waals surface area contributed by atoms with Crippen LogP contribution in [0.2, 0.25) is 5.02 Å². The molecule has 0 spiro atoms. The van der Waals surface area contributed by atoms with Crippen LogP contribution in [0, 0.1) is 0 Å². The zero-order chi connectivity index (χ0) is 20.9. The third kappa shape index (κ3) is 5.97. The number of nitrogens with one attached hydrogen (secondary N) is 1. The zero-order valence-electron chi connectivity index (χ0n) is 17.7. The predicted molar refractivity (Wildman–Crippen MR) is 132 cm³/mol. The van der Waals surface area contributed by atoms with Crippen LogP contribution in [0.5, 0.6) is 0 Å². The molecule has 1 aromatic carbocycles. The minimum atomic E-state index is 0. The maximum Gasteiger partial charge on any atom is 0.228 e. The summed E-state index contributed by atoms with van der Waals surface area (Å²) in [5.41, 5.74) is 2.13. The Morgan fingerprint density at radius 1 is 1.39 bits per heavy atom. The van der Waals surface area contributed by atoms with Crippen LogP contribution in [0.15, 0.2) is 46.2 Å². The number of likely N-dealkylation sites (tertiary alicyclic amines) is 1. The van der Waals surface area contributed by atoms with E-state index in [0.717, 1.165) is 37.6 Å². The number of aromatic nitrogens is 4. The van der Waals surface area contributed by atoms with E-state index in [2.05, 4.69) is 38.6 Å². The number of hydrogen-bond acceptors (Lipinski definition) is 5. The highest BCUT2D eigenvalue weighted by atomic mass is 127. The van der Waals surface area contributed by atoms with Gasteiger partial charge in [-0.25, -0.2) is 0 Å². The lowest BCUT2D eigenvalue weighted by Crippen LogP contribution is -2.40. The number of nitrogens with zero attached hydrogens (tertiary/aromatic N) is 6. The van der Waals surface area contributed by atoms with Crippen molar-refractivity contribution in [3.8, 4) is 11.4 Å². The molecule has 1 fully saturated rings. The van der Waals surface area contributed by atoms with Crippen molar-refractivity contribution >= 4 is 41.5 Å². The molecule has 3 heterocycles. The average Bonchev–Trinajstić information content (AvgIpc) is 3.48. The summed E-state index contributed by atoms with van der Waals surface area (Å²) in [6.45, 7) is 5.40. The van der Waals surface area contributed by atoms with E-state index in [1.54, 1.807) is 0 Å². The Balaban J connectivity index is 0.00000272. The molecule has 3 aromatic rings. The van der Waals surface area contributed by atoms with Crippen molar-refractivity contribution in [1.29, 1.82) is 0 Å². The van der Waals surface area contributed by atoms with E-state index < -0.39 is 0 Å². The molecule has 8 nitrogen and oxygen atoms in total. The van der Waals surface area contributed by atoms with Crippen molar-refractivity contribution in [2.45, 2.75) is 25.7 Å². The van der Waals surface area contributed by atoms with Crippen molar-refractivity contribution in [3.63, 3.8) is 0 Å². The van der Waals surface area contributed by atoms with Gasteiger partial charge in [-0.3, -0.25) is 9.67 Å². The Bertz CT molecular complexity index is 1020. The van der Waals surface area contributed by atoms with Crippen LogP contribution >= 0.6 is 35.6 Å². The molecule has 4 rings (SSSR count). The Kier molecular flexibility index (Phi) is 8.30. The summed E-state index contributed by atoms with van der Waals surface area (Å²) < 4.78 is 7.25. The number of guanidine groups is 1. The van der Waals surface area contributed by atoms with Gasteiger partial charge in [0.2, 0.25) is 11.7 Å². The van der Waals surface area contributed by atoms with Crippen LogP contribution in [0.4, 0.5) is 0 Å². The summed E-state index contributed by atoms with van der Waals surface area (Å²) in [7, 11) is 1.96. The first-order chi connectivity index (χ1) is 14.6. The van der Waals surface area contributed by atoms with Gasteiger partial charge in [-0.05, 0) is 31.0 Å². The first-order valence-electron chi connectivity index (χ1n) is 10.2. The molecule has 1 aliphatic heterocycles. The third-order valence-electron chi connectivity index (χ3n) is 5.16. The summed E-state index contributed by atoms with van der Waals surface area (Å²) in [6, 6.07) is 7.42. The first-order valence-corrected chi connectivity index (χ1v) is 10.6. The summed E-state index contributed by atoms with van der Waals surface area (Å²) in [6.07, 6.45) is 5.75. The number of hydrogen-bond donors (Lipinski definition) is 1. The van der Waals surface area contributed by atoms with E-state index in [0.29, 0.717) is 35.6 Å². The van der Waals surface area contributed by atoms with Gasteiger partial charge in [0.05, 0.1) is 12.7 Å². The van der Waals surface area contributed by atoms with Gasteiger partial charge in [-0.15, -0.1) is 24.0 Å². The van der Waals surface area contributed by atoms with Gasteiger partial charge in [0, 0.05) is 55.8 Å². The molecule has 0 bridgehead atoms. The topological polar surface area (TPSA) is 84.4 Å². The summed E-state index contributed by atoms with van der Waals surface area (Å²) in [4.78, 5) is 11.6. The minimum absolute atomic E-state index is 0. The SMILES string of the molecule is CCNC(=NCCc1nc(-c2cccc(Cl)c2)no1)N1CCC(c2cnn(C)c2)C1.I. The van der Waals surface area contributed by atoms with Gasteiger partial charge in [0.25, 0.3) is 0 Å². The fraction of sp³-hybridized carbons (Fsp3) is 0.429. The fourth-order valence-corrected chi connectivity index (χ4v) is 3.85. The van der Waals surface area contributed by atoms with Gasteiger partial charge in [-0.2, -0.15) is 10.1 Å². The molecule has 1 N–H and O–H groups in total. The lowest BCUT2D eigenvalue weighted by Gasteiger charge is -2.21. The van der Waals surface area contributed by atoms with Crippen LogP contribution in [0.1, 0.15) is 30.7 Å². The Morgan fingerprint density at radius 2 is 2.26 bits per heavy atom. The van der Waals surface area contributed by atoms with Gasteiger partial charge < -0.3 is 14.7 Å². The zero-order valence-corrected chi connectivity index (χ0v) is 20.7. The van der Waals surface area contributed by atoms with Crippen molar-refractivity contribution in [2.75, 3.05) is 26.2 Å². The van der Waals surface area contributed by atoms with Crippen LogP contribution < -0.4 is 5.32 Å². The van der Waals surface area contributed by atoms with Gasteiger partial charge in [-0.1, -0.05) is 28.9 Å². The number of aliphatic imine (C=N–C) groups is 1. The largest absolute Gasteiger partial charge is 0.357 e. The normalized spacial score (nSPS) is 16.4. The lowest BCUT2D eigenvalue weighted by atomic mass is 10.0. The van der Waals surface area contributed by atoms with Crippen LogP contribution in [-0.2, 0) is 13.5 Å². The van der Waals surface area contributed by atoms with Crippen LogP contribution in [0.25, 0.3) is 11.4 Å². The highest BCUT2D eigenvalue weighted by Gasteiger charge is 2.26. The second kappa shape index (κ2) is 10.9. The fourth-order valence-electron chi connectivity index (χ4n) is 3.66. The van der Waals surface area contributed by atoms with Gasteiger partial charge in [0.1, 0.15) is 0 Å². The molecule has 1 aliphatic rings. The minimum Gasteiger partial charge on any atom is -0.357 e. The molecule has 0 amide bonds. The molecule has 1 unspecified atom stereocenters. The second-order valence-electron chi connectivity index (χ2n) is 7.39. The van der Waals surface area contributed by atoms with Gasteiger partial charge >= 0.3 is 0 Å². The van der Waals surface area contributed by atoms with E-state index in [9.17, 15) is 0 Å². The number of rotatable bonds is 6. The van der Waals surface area contributed by atoms with Crippen molar-refractivity contribution in [2.24, 2.45) is 12.0 Å². The van der Waals surface area contributed by atoms with Crippen LogP contribution in [-0.4, -0.2) is 57.0 Å². The molecule has 166 valence electrons. The molecule has 1 atom stereocenters. The smallest absolute Gasteiger partial charge is 0.228 e. The molecule has 10 heteroatoms. The number of halogens is 2. The quantitative estimate of drug-likeness (QED) is 0.283. The average molecular weight is 556 g/mol. The van der Waals surface area contributed by atoms with Crippen molar-refractivity contribution in [1.82, 2.24) is 30.1 Å². The number of benzene rings is 1. The first kappa shape index (κ1) is 23.5. The highest BCUT2D eigenvalue weighted by Crippen LogP contribution is 2.26. The van der Waals surface area contributed by atoms with Crippen LogP contribution in [0.3, 0.4) is 0 Å². The molecule has 0 saturated carbocycles. The van der Waals surface area contributed by atoms with Gasteiger partial charge in [0.15, 0.2) is 5.96 Å². The lowest BCUT2D eigenvalue weighted by molar-refractivity contribution is 0.380. The Hall–Kier alpha value is -2.14. The highest BCUT2D eigenvalue weighted by molar-refractivity contribution is 14.0. The Morgan fingerprint density at radius 3 is 3.00 bits per heavy atom. The standard InChI is InChI=1S/C21H26ClN7O.HI/c1-3-23-21(29-10-8-16(14-29)17-12-25-28(2)13-17)24-9-7-19-26-20(27-30-19)15-5-4-6-18(22)11-15;/h4-6,11-13,16H,3,7-10,14H2,1-2H3,(H,23,24);1H. The van der Waals surface area contributed by atoms with E-state index in [1.807, 2.05) is 42.2 Å². The van der Waals surface area contributed by atoms with E-state index in [-0.39, 0.29) is 24.0 Å². The predicted octanol–water partition coefficient (Wildman–Crippen LogP) is 3.74. The number of aryl methyl sites for hydroxylation is 1. The van der Waals surface area contributed by atoms with Crippen molar-refractivity contribution in [3.05, 3.63) is 53.1 Å². The molecule has 1 saturated heterocycles. The second-order valence-corrected chi connectivity index (χ2v) is 7.82. The maximum atomic E-state index is 6.04. The summed E-state index contributed by atoms with van der Waals surface area (Å²) >= 11 is 6.04. The summed E-state index contributed by atoms with van der Waals surface area (Å²) in [5, 5.41) is 12.4. The van der Waals surface area contributed by atoms with E-state index in [1.165, 1.54) is 5.56 Å². The molecular formula is C21H27ClIN7O. The van der Waals surface area contributed by atoms with Crippen molar-refractivity contribution < 1.29 is 4.52 Å². The third-order valence-corrected chi connectivity index (χ3v) is 5.39. The molecule has 31 heavy (non-hydrogen) atoms. The van der Waals surface area contributed by atoms with E-state index >= 15 is 0 Å². The van der Waals surface area contributed by atoms with E-state index in [4.69, 9.17) is 21.1 Å². The summed E-state index contributed by atoms with van der Waals surface area (Å²) in [5.74, 6) is 2.53. The Labute approximate surface area is 204 Å². The molecule has 0 radical (unpaired) electrons. The maximum absolute atomic E-state index is 6.04. The molecule has 0 aliphatic carbocycles. The molecule has 2 aromatic heterocycles.